The van der Waals surface area contributed by atoms with E-state index < -0.39 is 5.41 Å². The van der Waals surface area contributed by atoms with Crippen molar-refractivity contribution in [1.29, 1.82) is 0 Å². The highest BCUT2D eigenvalue weighted by Gasteiger charge is 2.23. The second-order valence-corrected chi connectivity index (χ2v) is 8.31. The van der Waals surface area contributed by atoms with Gasteiger partial charge in [0.2, 0.25) is 0 Å². The first kappa shape index (κ1) is 21.6. The Morgan fingerprint density at radius 2 is 2.22 bits per heavy atom. The third-order valence-corrected chi connectivity index (χ3v) is 4.95. The monoisotopic (exact) mass is 394 g/mol. The smallest absolute Gasteiger partial charge is 0.154 e. The van der Waals surface area contributed by atoms with Gasteiger partial charge in [-0.05, 0) is 45.7 Å². The molecule has 4 unspecified atom stereocenters. The lowest BCUT2D eigenvalue weighted by Crippen LogP contribution is -2.35. The SMILES string of the molecule is CCC1=C(C=NCC2C=CC(OCC(C)(F)P)=C(C)N2C)C(NC)C=CN1. The maximum Gasteiger partial charge on any atom is 0.154 e. The molecule has 0 amide bonds. The zero-order valence-corrected chi connectivity index (χ0v) is 18.1. The molecule has 0 aromatic heterocycles. The summed E-state index contributed by atoms with van der Waals surface area (Å²) in [5.74, 6) is 0.705. The van der Waals surface area contributed by atoms with Crippen LogP contribution in [0.5, 0.6) is 0 Å². The molecule has 2 N–H and O–H groups in total. The number of hydrogen-bond donors (Lipinski definition) is 2. The van der Waals surface area contributed by atoms with E-state index in [1.54, 1.807) is 0 Å². The summed E-state index contributed by atoms with van der Waals surface area (Å²) in [6.07, 6.45) is 10.9. The molecule has 0 radical (unpaired) electrons. The lowest BCUT2D eigenvalue weighted by Gasteiger charge is -2.32. The van der Waals surface area contributed by atoms with Gasteiger partial charge in [0, 0.05) is 24.5 Å². The van der Waals surface area contributed by atoms with E-state index in [9.17, 15) is 4.39 Å². The molecule has 0 saturated carbocycles. The first-order valence-electron chi connectivity index (χ1n) is 9.32. The maximum absolute atomic E-state index is 13.6. The molecular weight excluding hydrogens is 362 g/mol. The highest BCUT2D eigenvalue weighted by molar-refractivity contribution is 7.18. The average Bonchev–Trinajstić information content (AvgIpc) is 2.63. The summed E-state index contributed by atoms with van der Waals surface area (Å²) in [6.45, 7) is 6.24. The van der Waals surface area contributed by atoms with Crippen molar-refractivity contribution < 1.29 is 9.13 Å². The summed E-state index contributed by atoms with van der Waals surface area (Å²) >= 11 is 0. The van der Waals surface area contributed by atoms with Gasteiger partial charge in [-0.1, -0.05) is 22.2 Å². The van der Waals surface area contributed by atoms with Gasteiger partial charge in [-0.15, -0.1) is 0 Å². The molecule has 150 valence electrons. The van der Waals surface area contributed by atoms with E-state index >= 15 is 0 Å². The fourth-order valence-corrected chi connectivity index (χ4v) is 3.10. The molecule has 0 saturated heterocycles. The van der Waals surface area contributed by atoms with Crippen molar-refractivity contribution in [3.8, 4) is 0 Å². The standard InChI is InChI=1S/C20H32FN4OP/c1-6-17-16(18(22-4)9-10-24-17)12-23-11-15-7-8-19(14(2)25(15)5)26-13-20(3,21)27/h7-10,12,15,18,22,24H,6,11,13,27H2,1-5H3. The summed E-state index contributed by atoms with van der Waals surface area (Å²) in [6, 6.07) is 0.320. The molecule has 4 atom stereocenters. The largest absolute Gasteiger partial charge is 0.488 e. The van der Waals surface area contributed by atoms with E-state index in [2.05, 4.69) is 43.8 Å². The number of likely N-dealkylation sites (N-methyl/N-ethyl adjacent to an activating group) is 2. The summed E-state index contributed by atoms with van der Waals surface area (Å²) in [5.41, 5.74) is 3.34. The Balaban J connectivity index is 2.01. The summed E-state index contributed by atoms with van der Waals surface area (Å²) < 4.78 is 19.3. The second-order valence-electron chi connectivity index (χ2n) is 7.11. The average molecular weight is 394 g/mol. The third kappa shape index (κ3) is 5.91. The number of dihydropyridines is 1. The van der Waals surface area contributed by atoms with E-state index in [4.69, 9.17) is 9.73 Å². The van der Waals surface area contributed by atoms with Crippen LogP contribution >= 0.6 is 9.24 Å². The topological polar surface area (TPSA) is 48.9 Å². The van der Waals surface area contributed by atoms with Gasteiger partial charge in [-0.25, -0.2) is 4.39 Å². The fourth-order valence-electron chi connectivity index (χ4n) is 3.02. The molecule has 2 rings (SSSR count). The lowest BCUT2D eigenvalue weighted by atomic mass is 10.0. The van der Waals surface area contributed by atoms with Gasteiger partial charge in [0.25, 0.3) is 0 Å². The Labute approximate surface area is 164 Å². The van der Waals surface area contributed by atoms with Gasteiger partial charge >= 0.3 is 0 Å². The molecule has 0 aliphatic carbocycles. The van der Waals surface area contributed by atoms with E-state index in [0.717, 1.165) is 12.1 Å². The van der Waals surface area contributed by atoms with Crippen molar-refractivity contribution in [2.24, 2.45) is 4.99 Å². The van der Waals surface area contributed by atoms with Crippen molar-refractivity contribution in [1.82, 2.24) is 15.5 Å². The molecule has 0 spiro atoms. The molecule has 2 aliphatic rings. The highest BCUT2D eigenvalue weighted by Crippen LogP contribution is 2.25. The van der Waals surface area contributed by atoms with Crippen LogP contribution in [0.15, 0.2) is 52.1 Å². The minimum absolute atomic E-state index is 0.00517. The Hall–Kier alpha value is -1.65. The minimum Gasteiger partial charge on any atom is -0.488 e. The van der Waals surface area contributed by atoms with E-state index in [-0.39, 0.29) is 18.7 Å². The van der Waals surface area contributed by atoms with Crippen molar-refractivity contribution >= 4 is 15.5 Å². The molecular formula is C20H32FN4OP. The minimum atomic E-state index is -1.43. The molecule has 0 fully saturated rings. The van der Waals surface area contributed by atoms with Crippen LogP contribution in [-0.2, 0) is 4.74 Å². The summed E-state index contributed by atoms with van der Waals surface area (Å²) in [7, 11) is 6.12. The summed E-state index contributed by atoms with van der Waals surface area (Å²) in [4.78, 5) is 6.81. The lowest BCUT2D eigenvalue weighted by molar-refractivity contribution is 0.121. The van der Waals surface area contributed by atoms with Crippen LogP contribution in [0.1, 0.15) is 27.2 Å². The quantitative estimate of drug-likeness (QED) is 0.491. The van der Waals surface area contributed by atoms with Gasteiger partial charge in [0.1, 0.15) is 12.4 Å². The predicted octanol–water partition coefficient (Wildman–Crippen LogP) is 3.11. The number of nitrogens with one attached hydrogen (secondary N) is 2. The molecule has 2 heterocycles. The zero-order valence-electron chi connectivity index (χ0n) is 16.9. The predicted molar refractivity (Wildman–Crippen MR) is 114 cm³/mol. The van der Waals surface area contributed by atoms with Gasteiger partial charge in [0.05, 0.1) is 24.3 Å². The molecule has 0 aromatic rings. The fraction of sp³-hybridized carbons (Fsp3) is 0.550. The number of rotatable bonds is 8. The number of ether oxygens (including phenoxy) is 1. The number of halogens is 1. The highest BCUT2D eigenvalue weighted by atomic mass is 31.0. The number of nitrogens with zero attached hydrogens (tertiary/aromatic N) is 2. The van der Waals surface area contributed by atoms with Crippen LogP contribution in [0.2, 0.25) is 0 Å². The second kappa shape index (κ2) is 9.52. The Morgan fingerprint density at radius 3 is 2.85 bits per heavy atom. The van der Waals surface area contributed by atoms with E-state index in [0.29, 0.717) is 12.3 Å². The third-order valence-electron chi connectivity index (χ3n) is 4.78. The number of alkyl halides is 1. The van der Waals surface area contributed by atoms with Gasteiger partial charge in [-0.2, -0.15) is 0 Å². The first-order chi connectivity index (χ1) is 12.8. The normalized spacial score (nSPS) is 25.2. The van der Waals surface area contributed by atoms with Crippen LogP contribution < -0.4 is 10.6 Å². The molecule has 2 aliphatic heterocycles. The number of hydrogen-bond acceptors (Lipinski definition) is 5. The number of aliphatic imine (C=N–C) groups is 1. The Morgan fingerprint density at radius 1 is 1.48 bits per heavy atom. The molecule has 0 bridgehead atoms. The van der Waals surface area contributed by atoms with Crippen LogP contribution in [0.3, 0.4) is 0 Å². The molecule has 5 nitrogen and oxygen atoms in total. The first-order valence-corrected chi connectivity index (χ1v) is 9.90. The molecule has 7 heteroatoms. The van der Waals surface area contributed by atoms with Gasteiger partial charge in [-0.3, -0.25) is 4.99 Å². The van der Waals surface area contributed by atoms with Crippen LogP contribution in [0.25, 0.3) is 0 Å². The Bertz CT molecular complexity index is 676. The van der Waals surface area contributed by atoms with E-state index in [1.807, 2.05) is 39.5 Å². The van der Waals surface area contributed by atoms with Crippen molar-refractivity contribution in [3.05, 3.63) is 47.2 Å². The molecule has 27 heavy (non-hydrogen) atoms. The Kier molecular flexibility index (Phi) is 7.63. The zero-order chi connectivity index (χ0) is 20.0. The van der Waals surface area contributed by atoms with Crippen molar-refractivity contribution in [2.75, 3.05) is 27.2 Å². The summed E-state index contributed by atoms with van der Waals surface area (Å²) in [5, 5.41) is 5.17. The van der Waals surface area contributed by atoms with Crippen LogP contribution in [-0.4, -0.2) is 55.9 Å². The van der Waals surface area contributed by atoms with Gasteiger partial charge in [0.15, 0.2) is 5.41 Å². The van der Waals surface area contributed by atoms with Crippen LogP contribution in [0, 0.1) is 0 Å². The van der Waals surface area contributed by atoms with Crippen LogP contribution in [0.4, 0.5) is 4.39 Å². The van der Waals surface area contributed by atoms with Gasteiger partial charge < -0.3 is 20.3 Å². The van der Waals surface area contributed by atoms with Crippen molar-refractivity contribution in [2.45, 2.75) is 44.7 Å². The molecule has 0 aromatic carbocycles. The van der Waals surface area contributed by atoms with Crippen molar-refractivity contribution in [3.63, 3.8) is 0 Å². The number of allylic oxidation sites excluding steroid dienone is 3. The van der Waals surface area contributed by atoms with E-state index in [1.165, 1.54) is 18.2 Å². The maximum atomic E-state index is 13.6.